The minimum Gasteiger partial charge on any atom is -0.378 e. The molecule has 0 aliphatic carbocycles. The summed E-state index contributed by atoms with van der Waals surface area (Å²) in [5.74, 6) is 0.616. The van der Waals surface area contributed by atoms with Crippen molar-refractivity contribution < 1.29 is 9.53 Å². The van der Waals surface area contributed by atoms with Crippen LogP contribution in [0.2, 0.25) is 0 Å². The molecular formula is C18H20N4O2. The van der Waals surface area contributed by atoms with Crippen molar-refractivity contribution in [3.63, 3.8) is 0 Å². The van der Waals surface area contributed by atoms with E-state index in [1.165, 1.54) is 5.56 Å². The number of nitrogens with zero attached hydrogens (tertiary/aromatic N) is 4. The van der Waals surface area contributed by atoms with Crippen LogP contribution in [0.4, 0.5) is 11.6 Å². The molecule has 1 atom stereocenters. The highest BCUT2D eigenvalue weighted by atomic mass is 16.5. The molecule has 1 amide bonds. The quantitative estimate of drug-likeness (QED) is 0.846. The fraction of sp³-hybridized carbons (Fsp3) is 0.389. The molecule has 0 saturated carbocycles. The van der Waals surface area contributed by atoms with Crippen molar-refractivity contribution in [2.24, 2.45) is 0 Å². The number of para-hydroxylation sites is 1. The zero-order valence-electron chi connectivity index (χ0n) is 13.7. The first-order chi connectivity index (χ1) is 11.7. The molecule has 6 nitrogen and oxygen atoms in total. The number of aromatic nitrogens is 2. The fourth-order valence-corrected chi connectivity index (χ4v) is 3.38. The lowest BCUT2D eigenvalue weighted by atomic mass is 10.1. The van der Waals surface area contributed by atoms with Gasteiger partial charge in [0, 0.05) is 37.2 Å². The first kappa shape index (κ1) is 15.1. The SMILES string of the molecule is CC1Cc2ccccc2N1c1ncc(C(=O)N2CCOCC2)cn1. The van der Waals surface area contributed by atoms with Crippen LogP contribution >= 0.6 is 0 Å². The van der Waals surface area contributed by atoms with Crippen molar-refractivity contribution in [2.75, 3.05) is 31.2 Å². The van der Waals surface area contributed by atoms with Crippen LogP contribution in [0.25, 0.3) is 0 Å². The monoisotopic (exact) mass is 324 g/mol. The summed E-state index contributed by atoms with van der Waals surface area (Å²) in [7, 11) is 0. The van der Waals surface area contributed by atoms with Crippen LogP contribution < -0.4 is 4.90 Å². The van der Waals surface area contributed by atoms with E-state index in [1.807, 2.05) is 6.07 Å². The first-order valence-electron chi connectivity index (χ1n) is 8.30. The third-order valence-electron chi connectivity index (χ3n) is 4.61. The van der Waals surface area contributed by atoms with E-state index in [1.54, 1.807) is 17.3 Å². The molecule has 3 heterocycles. The lowest BCUT2D eigenvalue weighted by Crippen LogP contribution is -2.40. The lowest BCUT2D eigenvalue weighted by molar-refractivity contribution is 0.0302. The number of fused-ring (bicyclic) bond motifs is 1. The number of hydrogen-bond acceptors (Lipinski definition) is 5. The molecule has 2 aliphatic heterocycles. The van der Waals surface area contributed by atoms with E-state index in [4.69, 9.17) is 4.74 Å². The first-order valence-corrected chi connectivity index (χ1v) is 8.30. The summed E-state index contributed by atoms with van der Waals surface area (Å²) in [6, 6.07) is 8.63. The molecule has 4 rings (SSSR count). The molecule has 0 spiro atoms. The Morgan fingerprint density at radius 3 is 2.62 bits per heavy atom. The maximum atomic E-state index is 12.5. The van der Waals surface area contributed by atoms with Gasteiger partial charge in [-0.05, 0) is 25.0 Å². The predicted molar refractivity (Wildman–Crippen MR) is 90.5 cm³/mol. The van der Waals surface area contributed by atoms with Crippen LogP contribution in [0.3, 0.4) is 0 Å². The van der Waals surface area contributed by atoms with Crippen molar-refractivity contribution in [1.29, 1.82) is 0 Å². The fourth-order valence-electron chi connectivity index (χ4n) is 3.38. The van der Waals surface area contributed by atoms with Crippen LogP contribution in [0, 0.1) is 0 Å². The summed E-state index contributed by atoms with van der Waals surface area (Å²) >= 11 is 0. The zero-order valence-corrected chi connectivity index (χ0v) is 13.7. The molecule has 1 unspecified atom stereocenters. The van der Waals surface area contributed by atoms with E-state index in [9.17, 15) is 4.79 Å². The molecule has 0 radical (unpaired) electrons. The average Bonchev–Trinajstić information content (AvgIpc) is 2.98. The molecule has 2 aromatic rings. The van der Waals surface area contributed by atoms with Gasteiger partial charge in [0.1, 0.15) is 0 Å². The number of rotatable bonds is 2. The van der Waals surface area contributed by atoms with Crippen LogP contribution in [-0.2, 0) is 11.2 Å². The highest BCUT2D eigenvalue weighted by molar-refractivity contribution is 5.93. The largest absolute Gasteiger partial charge is 0.378 e. The third kappa shape index (κ3) is 2.63. The molecule has 1 saturated heterocycles. The number of amides is 1. The Balaban J connectivity index is 1.57. The third-order valence-corrected chi connectivity index (χ3v) is 4.61. The molecule has 24 heavy (non-hydrogen) atoms. The normalized spacial score (nSPS) is 20.1. The molecule has 0 bridgehead atoms. The van der Waals surface area contributed by atoms with Gasteiger partial charge < -0.3 is 14.5 Å². The minimum absolute atomic E-state index is 0.0280. The van der Waals surface area contributed by atoms with Gasteiger partial charge in [0.25, 0.3) is 5.91 Å². The van der Waals surface area contributed by atoms with Gasteiger partial charge >= 0.3 is 0 Å². The van der Waals surface area contributed by atoms with Crippen molar-refractivity contribution >= 4 is 17.5 Å². The average molecular weight is 324 g/mol. The topological polar surface area (TPSA) is 58.6 Å². The Hall–Kier alpha value is -2.47. The number of ether oxygens (including phenoxy) is 1. The van der Waals surface area contributed by atoms with Gasteiger partial charge in [0.2, 0.25) is 5.95 Å². The van der Waals surface area contributed by atoms with Gasteiger partial charge in [0.05, 0.1) is 18.8 Å². The lowest BCUT2D eigenvalue weighted by Gasteiger charge is -2.27. The summed E-state index contributed by atoms with van der Waals surface area (Å²) in [6.45, 7) is 4.59. The number of carbonyl (C=O) groups is 1. The van der Waals surface area contributed by atoms with Crippen molar-refractivity contribution in [1.82, 2.24) is 14.9 Å². The maximum absolute atomic E-state index is 12.5. The molecular weight excluding hydrogens is 304 g/mol. The summed E-state index contributed by atoms with van der Waals surface area (Å²) in [5.41, 5.74) is 2.99. The predicted octanol–water partition coefficient (Wildman–Crippen LogP) is 2.03. The van der Waals surface area contributed by atoms with E-state index >= 15 is 0 Å². The smallest absolute Gasteiger partial charge is 0.257 e. The highest BCUT2D eigenvalue weighted by Gasteiger charge is 2.29. The molecule has 2 aliphatic rings. The van der Waals surface area contributed by atoms with Crippen molar-refractivity contribution in [3.8, 4) is 0 Å². The summed E-state index contributed by atoms with van der Waals surface area (Å²) < 4.78 is 5.29. The second kappa shape index (κ2) is 6.20. The minimum atomic E-state index is -0.0280. The van der Waals surface area contributed by atoms with E-state index < -0.39 is 0 Å². The molecule has 6 heteroatoms. The summed E-state index contributed by atoms with van der Waals surface area (Å²) in [4.78, 5) is 25.3. The van der Waals surface area contributed by atoms with Crippen LogP contribution in [0.1, 0.15) is 22.8 Å². The van der Waals surface area contributed by atoms with Crippen molar-refractivity contribution in [3.05, 3.63) is 47.8 Å². The van der Waals surface area contributed by atoms with Gasteiger partial charge in [-0.25, -0.2) is 9.97 Å². The van der Waals surface area contributed by atoms with Gasteiger partial charge in [-0.1, -0.05) is 18.2 Å². The van der Waals surface area contributed by atoms with Crippen LogP contribution in [-0.4, -0.2) is 53.1 Å². The second-order valence-electron chi connectivity index (χ2n) is 6.23. The van der Waals surface area contributed by atoms with Gasteiger partial charge in [-0.15, -0.1) is 0 Å². The molecule has 1 aromatic heterocycles. The number of hydrogen-bond donors (Lipinski definition) is 0. The van der Waals surface area contributed by atoms with E-state index in [0.29, 0.717) is 43.9 Å². The van der Waals surface area contributed by atoms with E-state index in [-0.39, 0.29) is 5.91 Å². The Morgan fingerprint density at radius 2 is 1.88 bits per heavy atom. The molecule has 0 N–H and O–H groups in total. The molecule has 1 fully saturated rings. The number of carbonyl (C=O) groups excluding carboxylic acids is 1. The second-order valence-corrected chi connectivity index (χ2v) is 6.23. The summed E-state index contributed by atoms with van der Waals surface area (Å²) in [6.07, 6.45) is 4.25. The maximum Gasteiger partial charge on any atom is 0.257 e. The van der Waals surface area contributed by atoms with Gasteiger partial charge in [-0.2, -0.15) is 0 Å². The summed E-state index contributed by atoms with van der Waals surface area (Å²) in [5, 5.41) is 0. The Labute approximate surface area is 141 Å². The van der Waals surface area contributed by atoms with Gasteiger partial charge in [0.15, 0.2) is 0 Å². The zero-order chi connectivity index (χ0) is 16.5. The number of anilines is 2. The standard InChI is InChI=1S/C18H20N4O2/c1-13-10-14-4-2-3-5-16(14)22(13)18-19-11-15(12-20-18)17(23)21-6-8-24-9-7-21/h2-5,11-13H,6-10H2,1H3. The van der Waals surface area contributed by atoms with Gasteiger partial charge in [-0.3, -0.25) is 4.79 Å². The highest BCUT2D eigenvalue weighted by Crippen LogP contribution is 2.36. The molecule has 1 aromatic carbocycles. The number of benzene rings is 1. The number of morpholine rings is 1. The Kier molecular flexibility index (Phi) is 3.90. The van der Waals surface area contributed by atoms with Crippen LogP contribution in [0.5, 0.6) is 0 Å². The van der Waals surface area contributed by atoms with Crippen molar-refractivity contribution in [2.45, 2.75) is 19.4 Å². The Morgan fingerprint density at radius 1 is 1.17 bits per heavy atom. The Bertz CT molecular complexity index is 741. The molecule has 124 valence electrons. The van der Waals surface area contributed by atoms with E-state index in [0.717, 1.165) is 12.1 Å². The van der Waals surface area contributed by atoms with E-state index in [2.05, 4.69) is 40.0 Å². The van der Waals surface area contributed by atoms with Crippen LogP contribution in [0.15, 0.2) is 36.7 Å².